The first-order chi connectivity index (χ1) is 38.5. The molecule has 0 aromatic carbocycles. The quantitative estimate of drug-likeness (QED) is 0.0242. The third kappa shape index (κ3) is 56.6. The van der Waals surface area contributed by atoms with Crippen LogP contribution in [-0.4, -0.2) is 166 Å². The summed E-state index contributed by atoms with van der Waals surface area (Å²) in [6.07, 6.45) is -5.74. The number of allylic oxidation sites excluding steroid dienone is 1. The van der Waals surface area contributed by atoms with Crippen molar-refractivity contribution in [3.8, 4) is 0 Å². The largest absolute Gasteiger partial charge is 1.00 e. The molecular weight excluding hydrogens is 1210 g/mol. The van der Waals surface area contributed by atoms with E-state index in [4.69, 9.17) is 15.2 Å². The van der Waals surface area contributed by atoms with Gasteiger partial charge in [0.2, 0.25) is 11.7 Å². The maximum atomic E-state index is 12.8. The van der Waals surface area contributed by atoms with Crippen LogP contribution in [0.1, 0.15) is 190 Å². The molecule has 2 saturated heterocycles. The Kier molecular flexibility index (Phi) is 95.9. The van der Waals surface area contributed by atoms with Crippen LogP contribution in [0, 0.1) is 0 Å². The number of thioether (sulfide) groups is 3. The molecule has 1 amide bonds. The Morgan fingerprint density at radius 3 is 1.60 bits per heavy atom. The number of nitrogens with one attached hydrogen (secondary N) is 1. The number of carboxylic acids is 1. The SMILES string of the molecule is C=CC.CC.CC.CC.CCC.CCC.CCC.CCCSCC.CCCSCC.CCCSCC.CCSSCC(=O)NC1C(O)CC(OP(=O)([O-])OCC2OC(n3ccc(N)nc3=O)C(O)C2O)(C(=O)[O-])OC1[C@H](O)[C@H](O)CO.[Na+].[Na+]. The molecular formula is C55H117N4Na2O16PS5. The fraction of sp³-hybridized carbons (Fsp3) is 0.855. The average Bonchev–Trinajstić information content (AvgIpc) is 3.72. The number of hydrogen-bond donors (Lipinski definition) is 8. The molecule has 3 rings (SSSR count). The van der Waals surface area contributed by atoms with Gasteiger partial charge in [-0.05, 0) is 66.8 Å². The van der Waals surface area contributed by atoms with Gasteiger partial charge in [0.25, 0.3) is 7.82 Å². The number of aliphatic hydroxyl groups is 6. The summed E-state index contributed by atoms with van der Waals surface area (Å²) in [6, 6.07) is -0.439. The van der Waals surface area contributed by atoms with Gasteiger partial charge in [-0.3, -0.25) is 18.5 Å². The van der Waals surface area contributed by atoms with Crippen molar-refractivity contribution in [3.05, 3.63) is 35.4 Å². The second kappa shape index (κ2) is 75.4. The first kappa shape index (κ1) is 106. The minimum atomic E-state index is -5.83. The number of carboxylic acid groups (broad SMARTS) is 1. The Hall–Kier alpha value is 0.900. The zero-order valence-corrected chi connectivity index (χ0v) is 64.4. The van der Waals surface area contributed by atoms with Crippen molar-refractivity contribution in [1.29, 1.82) is 0 Å². The summed E-state index contributed by atoms with van der Waals surface area (Å²) in [7, 11) is -3.36. The van der Waals surface area contributed by atoms with Crippen LogP contribution in [0.2, 0.25) is 0 Å². The Balaban J connectivity index is -0.000000143. The number of nitrogen functional groups attached to an aromatic ring is 1. The second-order valence-electron chi connectivity index (χ2n) is 15.9. The topological polar surface area (TPSA) is 329 Å². The van der Waals surface area contributed by atoms with Gasteiger partial charge in [0.15, 0.2) is 6.23 Å². The van der Waals surface area contributed by atoms with Crippen LogP contribution in [0.25, 0.3) is 0 Å². The van der Waals surface area contributed by atoms with Gasteiger partial charge in [-0.15, -0.1) is 6.58 Å². The number of carbonyl (C=O) groups excluding carboxylic acids is 2. The Morgan fingerprint density at radius 2 is 1.27 bits per heavy atom. The summed E-state index contributed by atoms with van der Waals surface area (Å²) in [5.41, 5.74) is 4.45. The number of aromatic nitrogens is 2. The zero-order chi connectivity index (χ0) is 65.0. The number of nitrogens with zero attached hydrogens (tertiary/aromatic N) is 2. The maximum Gasteiger partial charge on any atom is 1.00 e. The predicted octanol–water partition coefficient (Wildman–Crippen LogP) is 3.12. The van der Waals surface area contributed by atoms with Crippen molar-refractivity contribution in [3.63, 3.8) is 0 Å². The van der Waals surface area contributed by atoms with Crippen LogP contribution in [0.15, 0.2) is 29.7 Å². The van der Waals surface area contributed by atoms with Gasteiger partial charge in [-0.2, -0.15) is 40.3 Å². The van der Waals surface area contributed by atoms with Crippen LogP contribution < -0.4 is 85.9 Å². The molecule has 0 spiro atoms. The summed E-state index contributed by atoms with van der Waals surface area (Å²) < 4.78 is 33.5. The van der Waals surface area contributed by atoms with E-state index >= 15 is 0 Å². The molecule has 0 bridgehead atoms. The molecule has 11 atom stereocenters. The van der Waals surface area contributed by atoms with Crippen molar-refractivity contribution in [2.24, 2.45) is 0 Å². The van der Waals surface area contributed by atoms with Crippen molar-refractivity contribution in [2.75, 3.05) is 65.0 Å². The monoisotopic (exact) mass is 1330 g/mol. The van der Waals surface area contributed by atoms with E-state index in [0.717, 1.165) is 21.6 Å². The number of hydrogen-bond acceptors (Lipinski definition) is 23. The third-order valence-electron chi connectivity index (χ3n) is 8.30. The number of nitrogens with two attached hydrogens (primary N) is 1. The Labute approximate surface area is 569 Å². The number of ether oxygens (including phenoxy) is 2. The van der Waals surface area contributed by atoms with Crippen molar-refractivity contribution in [1.82, 2.24) is 14.9 Å². The van der Waals surface area contributed by atoms with Crippen molar-refractivity contribution < 1.29 is 132 Å². The van der Waals surface area contributed by atoms with Gasteiger partial charge < -0.3 is 70.5 Å². The zero-order valence-electron chi connectivity index (χ0n) is 55.4. The molecule has 83 heavy (non-hydrogen) atoms. The van der Waals surface area contributed by atoms with Crippen molar-refractivity contribution in [2.45, 2.75) is 244 Å². The van der Waals surface area contributed by atoms with Crippen LogP contribution in [0.5, 0.6) is 0 Å². The number of aliphatic hydroxyl groups excluding tert-OH is 6. The molecule has 1 aromatic rings. The first-order valence-electron chi connectivity index (χ1n) is 28.9. The van der Waals surface area contributed by atoms with Gasteiger partial charge in [-0.25, -0.2) is 4.79 Å². The minimum absolute atomic E-state index is 0. The second-order valence-corrected chi connectivity index (χ2v) is 24.2. The standard InChI is InChI=1S/C22H35N4O16PS2.3C5H12S.3C3H8.C3H6.3C2H6.2Na/c1-2-44-45-8-13(30)25-14-9(28)5-22(20(34)35,41-18(14)15(31)10(29)6-27)42-43(37,38)39-7-11-16(32)17(33)19(40-11)26-4-3-12(23)24-21(26)36;3*1-3-5-6-4-2;4*1-3-2;3*1-2;;/h3-4,9-11,14-19,27-29,31-33H,2,5-8H2,1H3,(H,25,30)(H,34,35)(H,37,38)(H2,23,24,36);3*3-5H2,1-2H3;3*3H2,1-2H3;3H,1H2,2H3;3*1-2H3;;/q;;;;;;;;;;;2*+1/p-2/t9?,10-,11?,14?,15-,16?,17?,18?,19?,22?;;;;;;;;;;;;/m1............/s1. The fourth-order valence-electron chi connectivity index (χ4n) is 5.34. The molecule has 2 aliphatic rings. The average molecular weight is 1330 g/mol. The van der Waals surface area contributed by atoms with Crippen molar-refractivity contribution >= 4 is 82.4 Å². The molecule has 9 N–H and O–H groups in total. The summed E-state index contributed by atoms with van der Waals surface area (Å²) in [6.45, 7) is 42.9. The smallest absolute Gasteiger partial charge is 0.756 e. The number of aliphatic carboxylic acids is 1. The molecule has 9 unspecified atom stereocenters. The predicted molar refractivity (Wildman–Crippen MR) is 346 cm³/mol. The number of amides is 1. The maximum absolute atomic E-state index is 12.8. The number of phosphoric acid groups is 1. The summed E-state index contributed by atoms with van der Waals surface area (Å²) in [5.74, 6) is 1.70. The summed E-state index contributed by atoms with van der Waals surface area (Å²) in [4.78, 5) is 53.0. The molecule has 28 heteroatoms. The molecule has 20 nitrogen and oxygen atoms in total. The normalized spacial score (nSPS) is 20.8. The number of rotatable bonds is 24. The molecule has 2 fully saturated rings. The fourth-order valence-corrected chi connectivity index (χ4v) is 9.52. The molecule has 0 aliphatic carbocycles. The van der Waals surface area contributed by atoms with Crippen LogP contribution in [0.3, 0.4) is 0 Å². The van der Waals surface area contributed by atoms with E-state index in [1.807, 2.05) is 90.7 Å². The number of anilines is 1. The van der Waals surface area contributed by atoms with Gasteiger partial charge >= 0.3 is 64.8 Å². The van der Waals surface area contributed by atoms with E-state index in [1.165, 1.54) is 89.9 Å². The van der Waals surface area contributed by atoms with E-state index in [2.05, 4.69) is 109 Å². The molecule has 2 aliphatic heterocycles. The number of phosphoric ester groups is 1. The van der Waals surface area contributed by atoms with E-state index in [9.17, 15) is 59.6 Å². The van der Waals surface area contributed by atoms with Crippen LogP contribution >= 0.6 is 64.7 Å². The van der Waals surface area contributed by atoms with E-state index in [-0.39, 0.29) is 70.7 Å². The Bertz CT molecular complexity index is 1600. The van der Waals surface area contributed by atoms with E-state index in [1.54, 1.807) is 6.08 Å². The Morgan fingerprint density at radius 1 is 0.843 bits per heavy atom. The molecule has 1 aromatic heterocycles. The molecule has 3 heterocycles. The summed E-state index contributed by atoms with van der Waals surface area (Å²) in [5, 5.41) is 75.9. The van der Waals surface area contributed by atoms with Gasteiger partial charge in [0, 0.05) is 18.4 Å². The molecule has 490 valence electrons. The minimum Gasteiger partial charge on any atom is -0.756 e. The van der Waals surface area contributed by atoms with Crippen LogP contribution in [-0.2, 0) is 32.7 Å². The van der Waals surface area contributed by atoms with E-state index in [0.29, 0.717) is 5.75 Å². The van der Waals surface area contributed by atoms with Gasteiger partial charge in [0.1, 0.15) is 48.4 Å². The number of carbonyl (C=O) groups is 2. The van der Waals surface area contributed by atoms with Gasteiger partial charge in [-0.1, -0.05) is 178 Å². The molecule has 0 saturated carbocycles. The first-order valence-corrected chi connectivity index (χ1v) is 36.3. The third-order valence-corrected chi connectivity index (χ3v) is 14.9. The molecule has 0 radical (unpaired) electrons. The van der Waals surface area contributed by atoms with E-state index < -0.39 is 106 Å². The summed E-state index contributed by atoms with van der Waals surface area (Å²) >= 11 is 6.02. The van der Waals surface area contributed by atoms with Crippen LogP contribution in [0.4, 0.5) is 5.82 Å². The van der Waals surface area contributed by atoms with Gasteiger partial charge in [0.05, 0.1) is 31.1 Å².